The highest BCUT2D eigenvalue weighted by molar-refractivity contribution is 6.07. The van der Waals surface area contributed by atoms with Crippen molar-refractivity contribution < 1.29 is 9.90 Å². The minimum Gasteiger partial charge on any atom is -0.389 e. The van der Waals surface area contributed by atoms with Crippen LogP contribution in [0, 0.1) is 0 Å². The highest BCUT2D eigenvalue weighted by Gasteiger charge is 2.13. The first-order valence-electron chi connectivity index (χ1n) is 9.37. The van der Waals surface area contributed by atoms with Gasteiger partial charge in [-0.3, -0.25) is 4.79 Å². The first-order valence-corrected chi connectivity index (χ1v) is 9.37. The molecule has 1 aromatic heterocycles. The molecule has 142 valence electrons. The van der Waals surface area contributed by atoms with Crippen molar-refractivity contribution in [3.63, 3.8) is 0 Å². The number of carbonyl (C=O) groups is 1. The van der Waals surface area contributed by atoms with E-state index in [2.05, 4.69) is 39.5 Å². The summed E-state index contributed by atoms with van der Waals surface area (Å²) in [7, 11) is 0. The Morgan fingerprint density at radius 2 is 1.43 bits per heavy atom. The molecule has 0 aliphatic rings. The highest BCUT2D eigenvalue weighted by atomic mass is 16.3. The third kappa shape index (κ3) is 3.70. The maximum atomic E-state index is 11.1. The Kier molecular flexibility index (Phi) is 5.00. The second-order valence-corrected chi connectivity index (χ2v) is 6.94. The Hall–Kier alpha value is -3.31. The van der Waals surface area contributed by atoms with E-state index in [1.807, 2.05) is 48.5 Å². The number of para-hydroxylation sites is 2. The number of nitrogens with zero attached hydrogens (tertiary/aromatic N) is 1. The molecule has 0 aliphatic carbocycles. The summed E-state index contributed by atoms with van der Waals surface area (Å²) in [5.41, 5.74) is 3.91. The minimum atomic E-state index is -0.547. The van der Waals surface area contributed by atoms with Crippen molar-refractivity contribution in [1.82, 2.24) is 4.57 Å². The van der Waals surface area contributed by atoms with Crippen molar-refractivity contribution in [2.75, 3.05) is 17.2 Å². The molecule has 5 heteroatoms. The summed E-state index contributed by atoms with van der Waals surface area (Å²) >= 11 is 0. The van der Waals surface area contributed by atoms with E-state index in [1.54, 1.807) is 0 Å². The lowest BCUT2D eigenvalue weighted by molar-refractivity contribution is -0.114. The third-order valence-electron chi connectivity index (χ3n) is 4.82. The number of anilines is 2. The topological polar surface area (TPSA) is 66.3 Å². The lowest BCUT2D eigenvalue weighted by Crippen LogP contribution is -2.24. The SMILES string of the molecule is CC(=O)Nc1ccc(NCC(O)Cn2c3ccccc3c3ccccc32)cc1. The molecule has 0 saturated carbocycles. The van der Waals surface area contributed by atoms with Crippen LogP contribution >= 0.6 is 0 Å². The molecule has 1 heterocycles. The normalized spacial score (nSPS) is 12.2. The van der Waals surface area contributed by atoms with E-state index in [1.165, 1.54) is 17.7 Å². The largest absolute Gasteiger partial charge is 0.389 e. The number of aliphatic hydroxyl groups excluding tert-OH is 1. The van der Waals surface area contributed by atoms with E-state index < -0.39 is 6.10 Å². The fourth-order valence-electron chi connectivity index (χ4n) is 3.59. The Balaban J connectivity index is 1.48. The lowest BCUT2D eigenvalue weighted by atomic mass is 10.2. The molecule has 3 N–H and O–H groups in total. The van der Waals surface area contributed by atoms with Gasteiger partial charge in [0, 0.05) is 46.6 Å². The van der Waals surface area contributed by atoms with Gasteiger partial charge in [-0.05, 0) is 36.4 Å². The van der Waals surface area contributed by atoms with Crippen molar-refractivity contribution in [3.05, 3.63) is 72.8 Å². The van der Waals surface area contributed by atoms with Crippen LogP contribution in [0.4, 0.5) is 11.4 Å². The van der Waals surface area contributed by atoms with Crippen LogP contribution in [0.25, 0.3) is 21.8 Å². The second-order valence-electron chi connectivity index (χ2n) is 6.94. The van der Waals surface area contributed by atoms with Crippen LogP contribution in [0.1, 0.15) is 6.92 Å². The summed E-state index contributed by atoms with van der Waals surface area (Å²) in [5.74, 6) is -0.0951. The van der Waals surface area contributed by atoms with Gasteiger partial charge in [0.15, 0.2) is 0 Å². The molecule has 1 amide bonds. The number of aliphatic hydroxyl groups is 1. The second kappa shape index (κ2) is 7.74. The van der Waals surface area contributed by atoms with Gasteiger partial charge >= 0.3 is 0 Å². The lowest BCUT2D eigenvalue weighted by Gasteiger charge is -2.16. The average molecular weight is 373 g/mol. The molecule has 5 nitrogen and oxygen atoms in total. The Bertz CT molecular complexity index is 1060. The summed E-state index contributed by atoms with van der Waals surface area (Å²) < 4.78 is 2.18. The molecule has 0 bridgehead atoms. The quantitative estimate of drug-likeness (QED) is 0.474. The third-order valence-corrected chi connectivity index (χ3v) is 4.82. The summed E-state index contributed by atoms with van der Waals surface area (Å²) in [4.78, 5) is 11.1. The number of aromatic nitrogens is 1. The average Bonchev–Trinajstić information content (AvgIpc) is 3.01. The zero-order chi connectivity index (χ0) is 19.5. The van der Waals surface area contributed by atoms with Gasteiger partial charge in [0.2, 0.25) is 5.91 Å². The van der Waals surface area contributed by atoms with Gasteiger partial charge in [-0.25, -0.2) is 0 Å². The first-order chi connectivity index (χ1) is 13.6. The number of benzene rings is 3. The van der Waals surface area contributed by atoms with Crippen LogP contribution in [0.3, 0.4) is 0 Å². The van der Waals surface area contributed by atoms with Crippen molar-refractivity contribution in [2.45, 2.75) is 19.6 Å². The molecule has 1 atom stereocenters. The fourth-order valence-corrected chi connectivity index (χ4v) is 3.59. The molecule has 0 radical (unpaired) electrons. The summed E-state index contributed by atoms with van der Waals surface area (Å²) in [6.45, 7) is 2.42. The molecular formula is C23H23N3O2. The fraction of sp³-hybridized carbons (Fsp3) is 0.174. The predicted molar refractivity (Wildman–Crippen MR) is 115 cm³/mol. The van der Waals surface area contributed by atoms with Crippen LogP contribution in [0.5, 0.6) is 0 Å². The zero-order valence-electron chi connectivity index (χ0n) is 15.7. The number of carbonyl (C=O) groups excluding carboxylic acids is 1. The van der Waals surface area contributed by atoms with Crippen molar-refractivity contribution in [3.8, 4) is 0 Å². The number of rotatable bonds is 6. The number of hydrogen-bond acceptors (Lipinski definition) is 3. The molecule has 0 aliphatic heterocycles. The molecule has 0 spiro atoms. The van der Waals surface area contributed by atoms with Crippen molar-refractivity contribution >= 4 is 39.1 Å². The van der Waals surface area contributed by atoms with E-state index in [0.29, 0.717) is 13.1 Å². The standard InChI is InChI=1S/C23H23N3O2/c1-16(27)25-18-12-10-17(11-13-18)24-14-19(28)15-26-22-8-4-2-6-20(22)21-7-3-5-9-23(21)26/h2-13,19,24,28H,14-15H2,1H3,(H,25,27). The van der Waals surface area contributed by atoms with Crippen molar-refractivity contribution in [2.24, 2.45) is 0 Å². The Morgan fingerprint density at radius 1 is 0.893 bits per heavy atom. The van der Waals surface area contributed by atoms with E-state index in [9.17, 15) is 9.90 Å². The van der Waals surface area contributed by atoms with E-state index >= 15 is 0 Å². The van der Waals surface area contributed by atoms with Crippen LogP contribution in [-0.2, 0) is 11.3 Å². The minimum absolute atomic E-state index is 0.0951. The van der Waals surface area contributed by atoms with Gasteiger partial charge in [0.05, 0.1) is 12.6 Å². The van der Waals surface area contributed by atoms with Crippen LogP contribution in [-0.4, -0.2) is 28.2 Å². The highest BCUT2D eigenvalue weighted by Crippen LogP contribution is 2.28. The number of amides is 1. The van der Waals surface area contributed by atoms with Crippen molar-refractivity contribution in [1.29, 1.82) is 0 Å². The smallest absolute Gasteiger partial charge is 0.221 e. The van der Waals surface area contributed by atoms with Gasteiger partial charge < -0.3 is 20.3 Å². The van der Waals surface area contributed by atoms with Gasteiger partial charge in [0.1, 0.15) is 0 Å². The summed E-state index contributed by atoms with van der Waals surface area (Å²) in [5, 5.41) is 19.0. The summed E-state index contributed by atoms with van der Waals surface area (Å²) in [6.07, 6.45) is -0.547. The summed E-state index contributed by atoms with van der Waals surface area (Å²) in [6, 6.07) is 24.0. The maximum absolute atomic E-state index is 11.1. The van der Waals surface area contributed by atoms with Gasteiger partial charge in [-0.2, -0.15) is 0 Å². The Morgan fingerprint density at radius 3 is 2.00 bits per heavy atom. The predicted octanol–water partition coefficient (Wildman–Crippen LogP) is 4.23. The molecule has 1 unspecified atom stereocenters. The molecule has 3 aromatic carbocycles. The van der Waals surface area contributed by atoms with Crippen LogP contribution < -0.4 is 10.6 Å². The number of nitrogens with one attached hydrogen (secondary N) is 2. The van der Waals surface area contributed by atoms with Gasteiger partial charge in [-0.15, -0.1) is 0 Å². The first kappa shape index (κ1) is 18.1. The van der Waals surface area contributed by atoms with Gasteiger partial charge in [-0.1, -0.05) is 36.4 Å². The number of hydrogen-bond donors (Lipinski definition) is 3. The van der Waals surface area contributed by atoms with E-state index in [0.717, 1.165) is 22.4 Å². The maximum Gasteiger partial charge on any atom is 0.221 e. The van der Waals surface area contributed by atoms with Gasteiger partial charge in [0.25, 0.3) is 0 Å². The Labute approximate surface area is 163 Å². The zero-order valence-corrected chi connectivity index (χ0v) is 15.7. The number of fused-ring (bicyclic) bond motifs is 3. The van der Waals surface area contributed by atoms with E-state index in [-0.39, 0.29) is 5.91 Å². The molecule has 4 aromatic rings. The van der Waals surface area contributed by atoms with E-state index in [4.69, 9.17) is 0 Å². The van der Waals surface area contributed by atoms with Crippen LogP contribution in [0.2, 0.25) is 0 Å². The monoisotopic (exact) mass is 373 g/mol. The molecule has 4 rings (SSSR count). The molecule has 0 saturated heterocycles. The van der Waals surface area contributed by atoms with Crippen LogP contribution in [0.15, 0.2) is 72.8 Å². The molecule has 28 heavy (non-hydrogen) atoms. The molecule has 0 fully saturated rings. The molecular weight excluding hydrogens is 350 g/mol.